The molecule has 0 aromatic heterocycles. The molecule has 0 heterocycles. The summed E-state index contributed by atoms with van der Waals surface area (Å²) in [5.41, 5.74) is 0.269. The van der Waals surface area contributed by atoms with Crippen LogP contribution in [-0.4, -0.2) is 25.0 Å². The number of methoxy groups -OCH3 is 1. The Morgan fingerprint density at radius 1 is 1.15 bits per heavy atom. The van der Waals surface area contributed by atoms with Crippen molar-refractivity contribution in [2.24, 2.45) is 0 Å². The number of nitrogens with one attached hydrogen (secondary N) is 2. The normalized spacial score (nSPS) is 21.4. The Hall–Kier alpha value is -2.89. The molecule has 0 radical (unpaired) electrons. The number of carbonyl (C=O) groups excluding carboxylic acids is 2. The smallest absolute Gasteiger partial charge is 0.254 e. The summed E-state index contributed by atoms with van der Waals surface area (Å²) in [6, 6.07) is 13.7. The van der Waals surface area contributed by atoms with E-state index < -0.39 is 17.3 Å². The molecule has 5 nitrogen and oxygen atoms in total. The number of benzene rings is 2. The van der Waals surface area contributed by atoms with Gasteiger partial charge in [-0.05, 0) is 30.5 Å². The van der Waals surface area contributed by atoms with Gasteiger partial charge in [0, 0.05) is 19.0 Å². The van der Waals surface area contributed by atoms with Crippen LogP contribution in [0, 0.1) is 5.82 Å². The molecule has 1 aliphatic carbocycles. The Balaban J connectivity index is 1.83. The molecule has 6 heteroatoms. The lowest BCUT2D eigenvalue weighted by molar-refractivity contribution is -0.120. The lowest BCUT2D eigenvalue weighted by Crippen LogP contribution is -2.61. The van der Waals surface area contributed by atoms with Crippen LogP contribution in [0.15, 0.2) is 48.5 Å². The van der Waals surface area contributed by atoms with Crippen molar-refractivity contribution in [3.05, 3.63) is 65.5 Å². The molecule has 0 atom stereocenters. The molecule has 136 valence electrons. The molecule has 0 saturated heterocycles. The molecule has 3 rings (SSSR count). The molecule has 0 unspecified atom stereocenters. The minimum absolute atomic E-state index is 0.0197. The van der Waals surface area contributed by atoms with Gasteiger partial charge < -0.3 is 15.4 Å². The second kappa shape index (κ2) is 7.15. The summed E-state index contributed by atoms with van der Waals surface area (Å²) in [5.74, 6) is -0.881. The van der Waals surface area contributed by atoms with Gasteiger partial charge in [0.05, 0.1) is 18.2 Å². The van der Waals surface area contributed by atoms with E-state index in [0.29, 0.717) is 18.6 Å². The third-order valence-electron chi connectivity index (χ3n) is 4.70. The zero-order valence-corrected chi connectivity index (χ0v) is 14.7. The Labute approximate surface area is 151 Å². The van der Waals surface area contributed by atoms with E-state index in [9.17, 15) is 14.0 Å². The molecule has 1 fully saturated rings. The van der Waals surface area contributed by atoms with Crippen molar-refractivity contribution in [3.63, 3.8) is 0 Å². The zero-order valence-electron chi connectivity index (χ0n) is 14.7. The highest BCUT2D eigenvalue weighted by Crippen LogP contribution is 2.42. The third kappa shape index (κ3) is 3.54. The maximum Gasteiger partial charge on any atom is 0.254 e. The Kier molecular flexibility index (Phi) is 4.93. The first-order valence-corrected chi connectivity index (χ1v) is 8.42. The summed E-state index contributed by atoms with van der Waals surface area (Å²) in [5, 5.41) is 5.84. The van der Waals surface area contributed by atoms with Crippen molar-refractivity contribution in [1.29, 1.82) is 0 Å². The summed E-state index contributed by atoms with van der Waals surface area (Å²) in [7, 11) is 1.44. The lowest BCUT2D eigenvalue weighted by atomic mass is 9.68. The Bertz CT molecular complexity index is 817. The van der Waals surface area contributed by atoms with E-state index in [1.807, 2.05) is 30.3 Å². The molecule has 2 aromatic carbocycles. The Morgan fingerprint density at radius 3 is 2.42 bits per heavy atom. The SMILES string of the molecule is COc1ccc(C(=O)NC2(c3ccccc3)CC(NC(C)=O)C2)c(F)c1. The first-order chi connectivity index (χ1) is 12.4. The largest absolute Gasteiger partial charge is 0.497 e. The molecular weight excluding hydrogens is 335 g/mol. The highest BCUT2D eigenvalue weighted by atomic mass is 19.1. The highest BCUT2D eigenvalue weighted by molar-refractivity contribution is 5.95. The van der Waals surface area contributed by atoms with E-state index in [1.165, 1.54) is 26.2 Å². The average Bonchev–Trinajstić information content (AvgIpc) is 2.59. The van der Waals surface area contributed by atoms with Gasteiger partial charge in [0.25, 0.3) is 5.91 Å². The molecule has 1 aliphatic rings. The average molecular weight is 356 g/mol. The number of hydrogen-bond acceptors (Lipinski definition) is 3. The third-order valence-corrected chi connectivity index (χ3v) is 4.70. The summed E-state index contributed by atoms with van der Waals surface area (Å²) in [6.45, 7) is 1.47. The topological polar surface area (TPSA) is 67.4 Å². The molecule has 0 spiro atoms. The van der Waals surface area contributed by atoms with Gasteiger partial charge in [-0.2, -0.15) is 0 Å². The second-order valence-corrected chi connectivity index (χ2v) is 6.55. The van der Waals surface area contributed by atoms with E-state index >= 15 is 0 Å². The fourth-order valence-electron chi connectivity index (χ4n) is 3.43. The molecule has 2 amide bonds. The van der Waals surface area contributed by atoms with Crippen LogP contribution in [0.1, 0.15) is 35.7 Å². The zero-order chi connectivity index (χ0) is 18.7. The lowest BCUT2D eigenvalue weighted by Gasteiger charge is -2.48. The van der Waals surface area contributed by atoms with Crippen LogP contribution in [0.25, 0.3) is 0 Å². The van der Waals surface area contributed by atoms with Crippen molar-refractivity contribution in [3.8, 4) is 5.75 Å². The maximum absolute atomic E-state index is 14.2. The van der Waals surface area contributed by atoms with Gasteiger partial charge in [-0.1, -0.05) is 30.3 Å². The van der Waals surface area contributed by atoms with Gasteiger partial charge in [-0.15, -0.1) is 0 Å². The van der Waals surface area contributed by atoms with Gasteiger partial charge in [-0.25, -0.2) is 4.39 Å². The molecule has 0 bridgehead atoms. The molecule has 2 N–H and O–H groups in total. The molecule has 26 heavy (non-hydrogen) atoms. The number of rotatable bonds is 5. The summed E-state index contributed by atoms with van der Waals surface area (Å²) in [6.07, 6.45) is 1.11. The molecule has 1 saturated carbocycles. The van der Waals surface area contributed by atoms with Crippen molar-refractivity contribution in [2.45, 2.75) is 31.3 Å². The van der Waals surface area contributed by atoms with E-state index in [2.05, 4.69) is 10.6 Å². The van der Waals surface area contributed by atoms with Crippen LogP contribution in [-0.2, 0) is 10.3 Å². The van der Waals surface area contributed by atoms with Crippen LogP contribution in [0.3, 0.4) is 0 Å². The Morgan fingerprint density at radius 2 is 1.85 bits per heavy atom. The second-order valence-electron chi connectivity index (χ2n) is 6.55. The fraction of sp³-hybridized carbons (Fsp3) is 0.300. The van der Waals surface area contributed by atoms with Crippen molar-refractivity contribution < 1.29 is 18.7 Å². The van der Waals surface area contributed by atoms with E-state index in [-0.39, 0.29) is 17.5 Å². The summed E-state index contributed by atoms with van der Waals surface area (Å²) in [4.78, 5) is 24.0. The van der Waals surface area contributed by atoms with Crippen LogP contribution >= 0.6 is 0 Å². The van der Waals surface area contributed by atoms with Gasteiger partial charge in [0.15, 0.2) is 0 Å². The van der Waals surface area contributed by atoms with Crippen molar-refractivity contribution in [1.82, 2.24) is 10.6 Å². The highest BCUT2D eigenvalue weighted by Gasteiger charge is 2.47. The van der Waals surface area contributed by atoms with Gasteiger partial charge in [-0.3, -0.25) is 9.59 Å². The van der Waals surface area contributed by atoms with Crippen LogP contribution in [0.4, 0.5) is 4.39 Å². The predicted molar refractivity (Wildman–Crippen MR) is 95.4 cm³/mol. The quantitative estimate of drug-likeness (QED) is 0.866. The number of amides is 2. The van der Waals surface area contributed by atoms with Gasteiger partial charge >= 0.3 is 0 Å². The monoisotopic (exact) mass is 356 g/mol. The van der Waals surface area contributed by atoms with Crippen LogP contribution in [0.5, 0.6) is 5.75 Å². The summed E-state index contributed by atoms with van der Waals surface area (Å²) >= 11 is 0. The van der Waals surface area contributed by atoms with Crippen molar-refractivity contribution in [2.75, 3.05) is 7.11 Å². The first-order valence-electron chi connectivity index (χ1n) is 8.42. The van der Waals surface area contributed by atoms with Crippen LogP contribution in [0.2, 0.25) is 0 Å². The van der Waals surface area contributed by atoms with E-state index in [1.54, 1.807) is 6.07 Å². The standard InChI is InChI=1S/C20H21FN2O3/c1-13(24)22-15-11-20(12-15,14-6-4-3-5-7-14)23-19(25)17-9-8-16(26-2)10-18(17)21/h3-10,15H,11-12H2,1-2H3,(H,22,24)(H,23,25). The molecular formula is C20H21FN2O3. The van der Waals surface area contributed by atoms with Crippen molar-refractivity contribution >= 4 is 11.8 Å². The number of ether oxygens (including phenoxy) is 1. The number of hydrogen-bond donors (Lipinski definition) is 2. The molecule has 2 aromatic rings. The predicted octanol–water partition coefficient (Wildman–Crippen LogP) is 2.76. The number of carbonyl (C=O) groups is 2. The minimum atomic E-state index is -0.636. The van der Waals surface area contributed by atoms with Crippen LogP contribution < -0.4 is 15.4 Å². The number of halogens is 1. The van der Waals surface area contributed by atoms with E-state index in [4.69, 9.17) is 4.74 Å². The fourth-order valence-corrected chi connectivity index (χ4v) is 3.43. The van der Waals surface area contributed by atoms with E-state index in [0.717, 1.165) is 5.56 Å². The summed E-state index contributed by atoms with van der Waals surface area (Å²) < 4.78 is 19.2. The molecule has 0 aliphatic heterocycles. The minimum Gasteiger partial charge on any atom is -0.497 e. The van der Waals surface area contributed by atoms with Gasteiger partial charge in [0.2, 0.25) is 5.91 Å². The maximum atomic E-state index is 14.2. The first kappa shape index (κ1) is 17.9. The van der Waals surface area contributed by atoms with Gasteiger partial charge in [0.1, 0.15) is 11.6 Å².